The molecule has 0 bridgehead atoms. The highest BCUT2D eigenvalue weighted by Gasteiger charge is 2.30. The normalized spacial score (nSPS) is 22.6. The molecule has 2 atom stereocenters. The Labute approximate surface area is 110 Å². The molecule has 0 aliphatic carbocycles. The van der Waals surface area contributed by atoms with Gasteiger partial charge in [-0.25, -0.2) is 9.48 Å². The summed E-state index contributed by atoms with van der Waals surface area (Å²) in [6.45, 7) is 3.26. The molecule has 0 unspecified atom stereocenters. The quantitative estimate of drug-likeness (QED) is 0.703. The molecule has 2 heterocycles. The van der Waals surface area contributed by atoms with Gasteiger partial charge in [0.2, 0.25) is 5.91 Å². The molecule has 106 valence electrons. The van der Waals surface area contributed by atoms with E-state index in [1.54, 1.807) is 7.05 Å². The van der Waals surface area contributed by atoms with Gasteiger partial charge in [-0.3, -0.25) is 9.36 Å². The summed E-state index contributed by atoms with van der Waals surface area (Å²) in [5.74, 6) is -0.277. The van der Waals surface area contributed by atoms with Crippen LogP contribution in [0.15, 0.2) is 11.1 Å². The van der Waals surface area contributed by atoms with Crippen molar-refractivity contribution in [1.82, 2.24) is 19.7 Å². The van der Waals surface area contributed by atoms with Gasteiger partial charge in [0.1, 0.15) is 19.0 Å². The van der Waals surface area contributed by atoms with Gasteiger partial charge < -0.3 is 14.8 Å². The number of carbonyl (C=O) groups is 1. The van der Waals surface area contributed by atoms with Crippen LogP contribution in [0.1, 0.15) is 6.92 Å². The maximum Gasteiger partial charge on any atom is 0.345 e. The highest BCUT2D eigenvalue weighted by atomic mass is 16.5. The van der Waals surface area contributed by atoms with E-state index in [2.05, 4.69) is 10.4 Å². The molecule has 8 heteroatoms. The zero-order valence-corrected chi connectivity index (χ0v) is 11.0. The van der Waals surface area contributed by atoms with Crippen molar-refractivity contribution in [2.75, 3.05) is 19.8 Å². The first-order valence-corrected chi connectivity index (χ1v) is 6.19. The monoisotopic (exact) mass is 270 g/mol. The van der Waals surface area contributed by atoms with E-state index in [1.807, 2.05) is 6.92 Å². The molecular weight excluding hydrogens is 252 g/mol. The number of ether oxygens (including phenoxy) is 2. The molecular formula is C11H18N4O4. The van der Waals surface area contributed by atoms with E-state index in [0.29, 0.717) is 19.8 Å². The Balaban J connectivity index is 1.91. The zero-order valence-electron chi connectivity index (χ0n) is 11.0. The molecule has 1 aromatic heterocycles. The van der Waals surface area contributed by atoms with Crippen LogP contribution < -0.4 is 11.0 Å². The predicted molar refractivity (Wildman–Crippen MR) is 65.6 cm³/mol. The Morgan fingerprint density at radius 1 is 1.63 bits per heavy atom. The van der Waals surface area contributed by atoms with Crippen LogP contribution in [0.2, 0.25) is 0 Å². The van der Waals surface area contributed by atoms with Gasteiger partial charge in [0, 0.05) is 13.7 Å². The van der Waals surface area contributed by atoms with E-state index in [4.69, 9.17) is 9.47 Å². The van der Waals surface area contributed by atoms with Gasteiger partial charge in [-0.2, -0.15) is 5.10 Å². The van der Waals surface area contributed by atoms with Gasteiger partial charge in [-0.15, -0.1) is 0 Å². The van der Waals surface area contributed by atoms with Crippen LogP contribution in [0.5, 0.6) is 0 Å². The molecule has 19 heavy (non-hydrogen) atoms. The maximum absolute atomic E-state index is 11.8. The number of amides is 1. The molecule has 0 aromatic carbocycles. The minimum atomic E-state index is -0.320. The van der Waals surface area contributed by atoms with Crippen molar-refractivity contribution < 1.29 is 14.3 Å². The molecule has 1 aliphatic rings. The summed E-state index contributed by atoms with van der Waals surface area (Å²) in [5, 5.41) is 6.63. The predicted octanol–water partition coefficient (Wildman–Crippen LogP) is -1.50. The second-order valence-electron chi connectivity index (χ2n) is 4.39. The molecule has 2 rings (SSSR count). The molecule has 1 fully saturated rings. The highest BCUT2D eigenvalue weighted by molar-refractivity contribution is 5.76. The largest absolute Gasteiger partial charge is 0.376 e. The summed E-state index contributed by atoms with van der Waals surface area (Å²) in [4.78, 5) is 23.4. The van der Waals surface area contributed by atoms with Crippen molar-refractivity contribution in [2.45, 2.75) is 25.6 Å². The molecule has 8 nitrogen and oxygen atoms in total. The average Bonchev–Trinajstić information content (AvgIpc) is 2.92. The van der Waals surface area contributed by atoms with Gasteiger partial charge in [0.05, 0.1) is 19.3 Å². The maximum atomic E-state index is 11.8. The Bertz CT molecular complexity index is 495. The number of hydrogen-bond donors (Lipinski definition) is 1. The minimum Gasteiger partial charge on any atom is -0.376 e. The van der Waals surface area contributed by atoms with E-state index >= 15 is 0 Å². The third-order valence-electron chi connectivity index (χ3n) is 2.94. The Hall–Kier alpha value is -1.67. The fourth-order valence-corrected chi connectivity index (χ4v) is 1.97. The summed E-state index contributed by atoms with van der Waals surface area (Å²) in [5.41, 5.74) is -0.320. The first-order valence-electron chi connectivity index (χ1n) is 6.19. The second kappa shape index (κ2) is 5.98. The van der Waals surface area contributed by atoms with Crippen LogP contribution in [0.25, 0.3) is 0 Å². The fourth-order valence-electron chi connectivity index (χ4n) is 1.97. The van der Waals surface area contributed by atoms with Crippen molar-refractivity contribution in [3.05, 3.63) is 16.8 Å². The van der Waals surface area contributed by atoms with Crippen LogP contribution in [-0.2, 0) is 27.9 Å². The number of carbonyl (C=O) groups excluding carboxylic acids is 1. The first-order chi connectivity index (χ1) is 9.11. The van der Waals surface area contributed by atoms with E-state index in [1.165, 1.54) is 10.9 Å². The smallest absolute Gasteiger partial charge is 0.345 e. The van der Waals surface area contributed by atoms with Crippen molar-refractivity contribution in [3.8, 4) is 0 Å². The second-order valence-corrected chi connectivity index (χ2v) is 4.39. The number of aromatic nitrogens is 3. The molecule has 1 saturated heterocycles. The zero-order chi connectivity index (χ0) is 13.8. The lowest BCUT2D eigenvalue weighted by molar-refractivity contribution is -0.123. The number of hydrogen-bond acceptors (Lipinski definition) is 5. The first kappa shape index (κ1) is 13.8. The summed E-state index contributed by atoms with van der Waals surface area (Å²) < 4.78 is 13.2. The lowest BCUT2D eigenvalue weighted by Gasteiger charge is -2.18. The SMILES string of the molecule is CCO[C@@H]1COC[C@H]1NC(=O)Cn1ncn(C)c1=O. The third kappa shape index (κ3) is 3.21. The van der Waals surface area contributed by atoms with E-state index < -0.39 is 0 Å². The molecule has 0 saturated carbocycles. The van der Waals surface area contributed by atoms with E-state index in [-0.39, 0.29) is 30.3 Å². The fraction of sp³-hybridized carbons (Fsp3) is 0.727. The van der Waals surface area contributed by atoms with Gasteiger partial charge in [-0.1, -0.05) is 0 Å². The number of nitrogens with one attached hydrogen (secondary N) is 1. The van der Waals surface area contributed by atoms with Crippen LogP contribution >= 0.6 is 0 Å². The molecule has 1 aromatic rings. The lowest BCUT2D eigenvalue weighted by atomic mass is 10.2. The van der Waals surface area contributed by atoms with E-state index in [0.717, 1.165) is 4.68 Å². The van der Waals surface area contributed by atoms with Gasteiger partial charge >= 0.3 is 5.69 Å². The Morgan fingerprint density at radius 2 is 2.42 bits per heavy atom. The number of aryl methyl sites for hydroxylation is 1. The molecule has 1 N–H and O–H groups in total. The lowest BCUT2D eigenvalue weighted by Crippen LogP contribution is -2.45. The van der Waals surface area contributed by atoms with Crippen LogP contribution in [0.4, 0.5) is 0 Å². The van der Waals surface area contributed by atoms with Gasteiger partial charge in [-0.05, 0) is 6.92 Å². The Morgan fingerprint density at radius 3 is 3.05 bits per heavy atom. The summed E-state index contributed by atoms with van der Waals surface area (Å²) >= 11 is 0. The van der Waals surface area contributed by atoms with Crippen molar-refractivity contribution in [3.63, 3.8) is 0 Å². The third-order valence-corrected chi connectivity index (χ3v) is 2.94. The van der Waals surface area contributed by atoms with Gasteiger partial charge in [0.15, 0.2) is 0 Å². The number of rotatable bonds is 5. The minimum absolute atomic E-state index is 0.102. The van der Waals surface area contributed by atoms with Crippen LogP contribution in [0, 0.1) is 0 Å². The van der Waals surface area contributed by atoms with Gasteiger partial charge in [0.25, 0.3) is 0 Å². The summed E-state index contributed by atoms with van der Waals surface area (Å²) in [6, 6.07) is -0.174. The summed E-state index contributed by atoms with van der Waals surface area (Å²) in [6.07, 6.45) is 1.24. The molecule has 0 spiro atoms. The average molecular weight is 270 g/mol. The topological polar surface area (TPSA) is 87.4 Å². The van der Waals surface area contributed by atoms with Crippen LogP contribution in [-0.4, -0.2) is 52.2 Å². The summed E-state index contributed by atoms with van der Waals surface area (Å²) in [7, 11) is 1.58. The standard InChI is InChI=1S/C11H18N4O4/c1-3-19-9-6-18-5-8(9)13-10(16)4-15-11(17)14(2)7-12-15/h7-9H,3-6H2,1-2H3,(H,13,16)/t8-,9-/m1/s1. The Kier molecular flexibility index (Phi) is 4.33. The number of nitrogens with zero attached hydrogens (tertiary/aromatic N) is 3. The van der Waals surface area contributed by atoms with Crippen LogP contribution in [0.3, 0.4) is 0 Å². The van der Waals surface area contributed by atoms with Crippen molar-refractivity contribution in [1.29, 1.82) is 0 Å². The molecule has 1 amide bonds. The highest BCUT2D eigenvalue weighted by Crippen LogP contribution is 2.09. The molecule has 1 aliphatic heterocycles. The van der Waals surface area contributed by atoms with Crippen molar-refractivity contribution >= 4 is 5.91 Å². The van der Waals surface area contributed by atoms with Crippen molar-refractivity contribution in [2.24, 2.45) is 7.05 Å². The van der Waals surface area contributed by atoms with E-state index in [9.17, 15) is 9.59 Å². The molecule has 0 radical (unpaired) electrons.